The summed E-state index contributed by atoms with van der Waals surface area (Å²) in [6.45, 7) is 4.43. The van der Waals surface area contributed by atoms with E-state index in [9.17, 15) is 9.59 Å². The van der Waals surface area contributed by atoms with Crippen LogP contribution < -0.4 is 0 Å². The zero-order chi connectivity index (χ0) is 13.3. The van der Waals surface area contributed by atoms with Crippen LogP contribution in [0.25, 0.3) is 0 Å². The third kappa shape index (κ3) is 2.12. The van der Waals surface area contributed by atoms with Crippen molar-refractivity contribution in [3.63, 3.8) is 0 Å². The fraction of sp³-hybridized carbons (Fsp3) is 0.583. The summed E-state index contributed by atoms with van der Waals surface area (Å²) in [6, 6.07) is 0. The fourth-order valence-corrected chi connectivity index (χ4v) is 3.00. The van der Waals surface area contributed by atoms with Crippen molar-refractivity contribution >= 4 is 23.2 Å². The lowest BCUT2D eigenvalue weighted by atomic mass is 9.90. The second-order valence-corrected chi connectivity index (χ2v) is 5.68. The number of carboxylic acid groups (broad SMARTS) is 1. The summed E-state index contributed by atoms with van der Waals surface area (Å²) in [7, 11) is 0. The Morgan fingerprint density at radius 1 is 1.61 bits per heavy atom. The summed E-state index contributed by atoms with van der Waals surface area (Å²) in [4.78, 5) is 29.9. The number of carboxylic acids is 1. The van der Waals surface area contributed by atoms with Crippen LogP contribution in [0, 0.1) is 5.41 Å². The molecule has 1 atom stereocenters. The van der Waals surface area contributed by atoms with Gasteiger partial charge in [-0.05, 0) is 19.8 Å². The molecular weight excluding hydrogens is 252 g/mol. The zero-order valence-corrected chi connectivity index (χ0v) is 11.3. The van der Waals surface area contributed by atoms with Gasteiger partial charge in [-0.25, -0.2) is 4.98 Å². The molecule has 18 heavy (non-hydrogen) atoms. The molecule has 5 nitrogen and oxygen atoms in total. The van der Waals surface area contributed by atoms with E-state index in [1.165, 1.54) is 11.3 Å². The first-order valence-electron chi connectivity index (χ1n) is 5.93. The van der Waals surface area contributed by atoms with Crippen molar-refractivity contribution in [3.8, 4) is 0 Å². The summed E-state index contributed by atoms with van der Waals surface area (Å²) in [6.07, 6.45) is 1.23. The number of amides is 1. The molecular formula is C12H16N2O3S. The Hall–Kier alpha value is -1.43. The van der Waals surface area contributed by atoms with Crippen LogP contribution >= 0.6 is 11.3 Å². The number of nitrogens with zero attached hydrogens (tertiary/aromatic N) is 2. The van der Waals surface area contributed by atoms with Gasteiger partial charge >= 0.3 is 5.97 Å². The number of thiazole rings is 1. The van der Waals surface area contributed by atoms with Gasteiger partial charge in [0.1, 0.15) is 4.88 Å². The molecule has 0 aromatic carbocycles. The molecule has 1 aliphatic rings. The van der Waals surface area contributed by atoms with E-state index in [1.54, 1.807) is 17.3 Å². The van der Waals surface area contributed by atoms with Gasteiger partial charge in [0, 0.05) is 13.1 Å². The minimum Gasteiger partial charge on any atom is -0.481 e. The Morgan fingerprint density at radius 2 is 2.33 bits per heavy atom. The van der Waals surface area contributed by atoms with Gasteiger partial charge in [0.25, 0.3) is 5.91 Å². The van der Waals surface area contributed by atoms with Crippen molar-refractivity contribution in [1.29, 1.82) is 0 Å². The average molecular weight is 268 g/mol. The molecule has 0 bridgehead atoms. The maximum atomic E-state index is 12.3. The largest absolute Gasteiger partial charge is 0.481 e. The van der Waals surface area contributed by atoms with E-state index in [1.807, 2.05) is 6.92 Å². The Morgan fingerprint density at radius 3 is 2.89 bits per heavy atom. The normalized spacial score (nSPS) is 23.3. The molecule has 1 N–H and O–H groups in total. The molecule has 1 fully saturated rings. The highest BCUT2D eigenvalue weighted by molar-refractivity contribution is 7.11. The van der Waals surface area contributed by atoms with Gasteiger partial charge in [-0.3, -0.25) is 9.59 Å². The van der Waals surface area contributed by atoms with E-state index < -0.39 is 11.4 Å². The van der Waals surface area contributed by atoms with Crippen LogP contribution in [0.15, 0.2) is 5.51 Å². The van der Waals surface area contributed by atoms with Crippen molar-refractivity contribution in [2.45, 2.75) is 26.7 Å². The summed E-state index contributed by atoms with van der Waals surface area (Å²) < 4.78 is 0. The fourth-order valence-electron chi connectivity index (χ4n) is 2.15. The third-order valence-corrected chi connectivity index (χ3v) is 4.30. The first-order chi connectivity index (χ1) is 8.48. The molecule has 0 saturated carbocycles. The van der Waals surface area contributed by atoms with Crippen LogP contribution in [0.4, 0.5) is 0 Å². The summed E-state index contributed by atoms with van der Waals surface area (Å²) in [5.41, 5.74) is 1.65. The van der Waals surface area contributed by atoms with E-state index in [-0.39, 0.29) is 12.5 Å². The molecule has 2 heterocycles. The van der Waals surface area contributed by atoms with Crippen LogP contribution in [-0.4, -0.2) is 40.0 Å². The minimum atomic E-state index is -0.835. The lowest BCUT2D eigenvalue weighted by molar-refractivity contribution is -0.147. The van der Waals surface area contributed by atoms with Crippen molar-refractivity contribution in [2.24, 2.45) is 5.41 Å². The topological polar surface area (TPSA) is 70.5 Å². The second kappa shape index (κ2) is 4.68. The molecule has 1 aliphatic heterocycles. The number of aromatic nitrogens is 1. The number of likely N-dealkylation sites (tertiary alicyclic amines) is 1. The molecule has 1 aromatic heterocycles. The third-order valence-electron chi connectivity index (χ3n) is 3.45. The molecule has 6 heteroatoms. The monoisotopic (exact) mass is 268 g/mol. The number of aryl methyl sites for hydroxylation is 1. The van der Waals surface area contributed by atoms with Gasteiger partial charge in [0.05, 0.1) is 16.6 Å². The van der Waals surface area contributed by atoms with Gasteiger partial charge in [-0.2, -0.15) is 0 Å². The Balaban J connectivity index is 2.15. The summed E-state index contributed by atoms with van der Waals surface area (Å²) in [5.74, 6) is -0.919. The summed E-state index contributed by atoms with van der Waals surface area (Å²) >= 11 is 1.33. The van der Waals surface area contributed by atoms with Crippen molar-refractivity contribution < 1.29 is 14.7 Å². The number of carbonyl (C=O) groups is 2. The molecule has 1 aromatic rings. The number of carbonyl (C=O) groups excluding carboxylic acids is 1. The van der Waals surface area contributed by atoms with E-state index in [4.69, 9.17) is 5.11 Å². The van der Waals surface area contributed by atoms with Gasteiger partial charge in [-0.15, -0.1) is 11.3 Å². The lowest BCUT2D eigenvalue weighted by Crippen LogP contribution is -2.34. The molecule has 98 valence electrons. The first-order valence-corrected chi connectivity index (χ1v) is 6.81. The number of rotatable bonds is 3. The molecule has 0 spiro atoms. The molecule has 2 rings (SSSR count). The highest BCUT2D eigenvalue weighted by atomic mass is 32.1. The highest BCUT2D eigenvalue weighted by Gasteiger charge is 2.42. The molecule has 1 unspecified atom stereocenters. The van der Waals surface area contributed by atoms with Crippen LogP contribution in [0.5, 0.6) is 0 Å². The predicted molar refractivity (Wildman–Crippen MR) is 67.8 cm³/mol. The molecule has 1 saturated heterocycles. The zero-order valence-electron chi connectivity index (χ0n) is 10.5. The van der Waals surface area contributed by atoms with Crippen molar-refractivity contribution in [3.05, 3.63) is 16.1 Å². The van der Waals surface area contributed by atoms with E-state index in [2.05, 4.69) is 4.98 Å². The van der Waals surface area contributed by atoms with E-state index in [0.717, 1.165) is 5.69 Å². The molecule has 0 aliphatic carbocycles. The lowest BCUT2D eigenvalue weighted by Gasteiger charge is -2.19. The Bertz CT molecular complexity index is 485. The highest BCUT2D eigenvalue weighted by Crippen LogP contribution is 2.31. The number of hydrogen-bond donors (Lipinski definition) is 1. The minimum absolute atomic E-state index is 0.0840. The van der Waals surface area contributed by atoms with E-state index in [0.29, 0.717) is 24.3 Å². The molecule has 0 radical (unpaired) electrons. The Labute approximate surface area is 109 Å². The van der Waals surface area contributed by atoms with Gasteiger partial charge in [0.15, 0.2) is 0 Å². The standard InChI is InChI=1S/C12H16N2O3S/c1-3-8-9(18-7-13-8)10(15)14-5-4-12(2,6-14)11(16)17/h7H,3-6H2,1-2H3,(H,16,17). The van der Waals surface area contributed by atoms with Gasteiger partial charge in [-0.1, -0.05) is 6.92 Å². The van der Waals surface area contributed by atoms with Crippen LogP contribution in [0.1, 0.15) is 35.6 Å². The SMILES string of the molecule is CCc1ncsc1C(=O)N1CCC(C)(C(=O)O)C1. The molecule has 1 amide bonds. The smallest absolute Gasteiger partial charge is 0.311 e. The van der Waals surface area contributed by atoms with Crippen molar-refractivity contribution in [2.75, 3.05) is 13.1 Å². The average Bonchev–Trinajstić information content (AvgIpc) is 2.94. The van der Waals surface area contributed by atoms with Gasteiger partial charge in [0.2, 0.25) is 0 Å². The summed E-state index contributed by atoms with van der Waals surface area (Å²) in [5, 5.41) is 9.16. The second-order valence-electron chi connectivity index (χ2n) is 4.82. The quantitative estimate of drug-likeness (QED) is 0.904. The van der Waals surface area contributed by atoms with Crippen LogP contribution in [0.3, 0.4) is 0 Å². The maximum Gasteiger partial charge on any atom is 0.311 e. The van der Waals surface area contributed by atoms with E-state index >= 15 is 0 Å². The first kappa shape index (κ1) is 13.0. The van der Waals surface area contributed by atoms with Crippen LogP contribution in [-0.2, 0) is 11.2 Å². The van der Waals surface area contributed by atoms with Gasteiger partial charge < -0.3 is 10.0 Å². The predicted octanol–water partition coefficient (Wildman–Crippen LogP) is 1.64. The maximum absolute atomic E-state index is 12.3. The van der Waals surface area contributed by atoms with Crippen LogP contribution in [0.2, 0.25) is 0 Å². The Kier molecular flexibility index (Phi) is 3.38. The number of aliphatic carboxylic acids is 1. The van der Waals surface area contributed by atoms with Crippen molar-refractivity contribution in [1.82, 2.24) is 9.88 Å². The number of hydrogen-bond acceptors (Lipinski definition) is 4.